The van der Waals surface area contributed by atoms with Crippen molar-refractivity contribution in [3.63, 3.8) is 0 Å². The number of allylic oxidation sites excluding steroid dienone is 1. The van der Waals surface area contributed by atoms with Crippen LogP contribution in [-0.4, -0.2) is 20.2 Å². The smallest absolute Gasteiger partial charge is 0.116 e. The van der Waals surface area contributed by atoms with Crippen LogP contribution in [0.25, 0.3) is 11.0 Å². The maximum absolute atomic E-state index is 4.12. The Morgan fingerprint density at radius 1 is 1.50 bits per heavy atom. The molecule has 0 spiro atoms. The number of nitrogens with zero attached hydrogens (tertiary/aromatic N) is 3. The summed E-state index contributed by atoms with van der Waals surface area (Å²) >= 11 is 0. The highest BCUT2D eigenvalue weighted by atomic mass is 15.1. The van der Waals surface area contributed by atoms with Crippen molar-refractivity contribution in [3.8, 4) is 0 Å². The Hall–Kier alpha value is -1.71. The molecule has 2 heterocycles. The average molecular weight is 160 g/mol. The van der Waals surface area contributed by atoms with Gasteiger partial charge in [-0.15, -0.1) is 6.58 Å². The van der Waals surface area contributed by atoms with E-state index in [-0.39, 0.29) is 0 Å². The van der Waals surface area contributed by atoms with Gasteiger partial charge in [-0.2, -0.15) is 5.10 Å². The van der Waals surface area contributed by atoms with Crippen molar-refractivity contribution in [1.29, 1.82) is 0 Å². The van der Waals surface area contributed by atoms with Gasteiger partial charge >= 0.3 is 0 Å². The topological polar surface area (TPSA) is 54.5 Å². The first-order valence-electron chi connectivity index (χ1n) is 3.65. The lowest BCUT2D eigenvalue weighted by Gasteiger charge is -1.94. The number of rotatable bonds is 2. The average Bonchev–Trinajstić information content (AvgIpc) is 2.53. The Morgan fingerprint density at radius 3 is 3.25 bits per heavy atom. The number of hydrogen-bond acceptors (Lipinski definition) is 3. The molecule has 4 nitrogen and oxygen atoms in total. The molecule has 1 N–H and O–H groups in total. The van der Waals surface area contributed by atoms with E-state index in [4.69, 9.17) is 0 Å². The Bertz CT molecular complexity index is 404. The van der Waals surface area contributed by atoms with E-state index in [2.05, 4.69) is 26.7 Å². The fraction of sp³-hybridized carbons (Fsp3) is 0.125. The minimum Gasteiger partial charge on any atom is -0.274 e. The van der Waals surface area contributed by atoms with Crippen LogP contribution in [0.4, 0.5) is 0 Å². The van der Waals surface area contributed by atoms with E-state index in [0.29, 0.717) is 0 Å². The molecular weight excluding hydrogens is 152 g/mol. The van der Waals surface area contributed by atoms with Gasteiger partial charge in [-0.25, -0.2) is 9.97 Å². The highest BCUT2D eigenvalue weighted by Crippen LogP contribution is 2.10. The maximum atomic E-state index is 4.12. The van der Waals surface area contributed by atoms with Crippen LogP contribution in [0.15, 0.2) is 25.2 Å². The molecule has 0 saturated carbocycles. The van der Waals surface area contributed by atoms with E-state index in [0.717, 1.165) is 23.1 Å². The second-order valence-electron chi connectivity index (χ2n) is 2.44. The number of aromatic amines is 1. The van der Waals surface area contributed by atoms with Gasteiger partial charge in [0.1, 0.15) is 17.4 Å². The first-order valence-corrected chi connectivity index (χ1v) is 3.65. The summed E-state index contributed by atoms with van der Waals surface area (Å²) in [4.78, 5) is 8.16. The number of H-pyrrole nitrogens is 1. The summed E-state index contributed by atoms with van der Waals surface area (Å²) in [6, 6.07) is 0. The predicted molar refractivity (Wildman–Crippen MR) is 45.6 cm³/mol. The molecule has 12 heavy (non-hydrogen) atoms. The summed E-state index contributed by atoms with van der Waals surface area (Å²) in [6.45, 7) is 3.65. The standard InChI is InChI=1S/C8H8N4/c1-2-3-6-8-7(4-11-12-8)10-5-9-6/h2,4-5H,1,3H2,(H,11,12). The van der Waals surface area contributed by atoms with Crippen molar-refractivity contribution in [2.45, 2.75) is 6.42 Å². The summed E-state index contributed by atoms with van der Waals surface area (Å²) < 4.78 is 0. The van der Waals surface area contributed by atoms with Gasteiger partial charge in [-0.1, -0.05) is 6.08 Å². The van der Waals surface area contributed by atoms with Crippen molar-refractivity contribution in [2.75, 3.05) is 0 Å². The van der Waals surface area contributed by atoms with Crippen LogP contribution in [0.2, 0.25) is 0 Å². The van der Waals surface area contributed by atoms with Crippen molar-refractivity contribution in [3.05, 3.63) is 30.9 Å². The van der Waals surface area contributed by atoms with Crippen molar-refractivity contribution in [1.82, 2.24) is 20.2 Å². The fourth-order valence-electron chi connectivity index (χ4n) is 1.11. The lowest BCUT2D eigenvalue weighted by Crippen LogP contribution is -1.90. The molecule has 0 aromatic carbocycles. The van der Waals surface area contributed by atoms with E-state index in [1.807, 2.05) is 6.08 Å². The minimum atomic E-state index is 0.737. The lowest BCUT2D eigenvalue weighted by molar-refractivity contribution is 1.06. The monoisotopic (exact) mass is 160 g/mol. The number of aromatic nitrogens is 4. The van der Waals surface area contributed by atoms with Gasteiger partial charge in [0.2, 0.25) is 0 Å². The highest BCUT2D eigenvalue weighted by Gasteiger charge is 2.02. The molecule has 0 unspecified atom stereocenters. The van der Waals surface area contributed by atoms with Crippen LogP contribution in [0, 0.1) is 0 Å². The molecule has 0 aliphatic rings. The zero-order valence-corrected chi connectivity index (χ0v) is 6.49. The van der Waals surface area contributed by atoms with Crippen molar-refractivity contribution in [2.24, 2.45) is 0 Å². The molecular formula is C8H8N4. The van der Waals surface area contributed by atoms with Crippen molar-refractivity contribution < 1.29 is 0 Å². The third-order valence-corrected chi connectivity index (χ3v) is 1.66. The van der Waals surface area contributed by atoms with E-state index in [9.17, 15) is 0 Å². The zero-order chi connectivity index (χ0) is 8.39. The van der Waals surface area contributed by atoms with Crippen LogP contribution < -0.4 is 0 Å². The van der Waals surface area contributed by atoms with E-state index >= 15 is 0 Å². The van der Waals surface area contributed by atoms with E-state index in [1.54, 1.807) is 6.20 Å². The molecule has 0 radical (unpaired) electrons. The SMILES string of the molecule is C=CCc1ncnc2cn[nH]c12. The maximum Gasteiger partial charge on any atom is 0.116 e. The van der Waals surface area contributed by atoms with Crippen molar-refractivity contribution >= 4 is 11.0 Å². The van der Waals surface area contributed by atoms with Crippen LogP contribution in [-0.2, 0) is 6.42 Å². The molecule has 0 aliphatic heterocycles. The summed E-state index contributed by atoms with van der Waals surface area (Å²) in [5, 5.41) is 6.73. The fourth-order valence-corrected chi connectivity index (χ4v) is 1.11. The Morgan fingerprint density at radius 2 is 2.42 bits per heavy atom. The molecule has 0 atom stereocenters. The second-order valence-corrected chi connectivity index (χ2v) is 2.44. The predicted octanol–water partition coefficient (Wildman–Crippen LogP) is 1.08. The molecule has 0 fully saturated rings. The molecule has 0 bridgehead atoms. The molecule has 0 amide bonds. The first kappa shape index (κ1) is 6.97. The zero-order valence-electron chi connectivity index (χ0n) is 6.49. The number of nitrogens with one attached hydrogen (secondary N) is 1. The summed E-state index contributed by atoms with van der Waals surface area (Å²) in [5.41, 5.74) is 2.69. The first-order chi connectivity index (χ1) is 5.92. The number of fused-ring (bicyclic) bond motifs is 1. The molecule has 0 saturated heterocycles. The van der Waals surface area contributed by atoms with Crippen LogP contribution in [0.3, 0.4) is 0 Å². The molecule has 2 aromatic heterocycles. The lowest BCUT2D eigenvalue weighted by atomic mass is 10.2. The van der Waals surface area contributed by atoms with Gasteiger partial charge in [-0.05, 0) is 0 Å². The van der Waals surface area contributed by atoms with E-state index in [1.165, 1.54) is 6.33 Å². The van der Waals surface area contributed by atoms with Gasteiger partial charge in [0.05, 0.1) is 11.9 Å². The summed E-state index contributed by atoms with van der Waals surface area (Å²) in [7, 11) is 0. The van der Waals surface area contributed by atoms with Crippen LogP contribution in [0.1, 0.15) is 5.69 Å². The normalized spacial score (nSPS) is 10.3. The molecule has 0 aliphatic carbocycles. The van der Waals surface area contributed by atoms with E-state index < -0.39 is 0 Å². The third-order valence-electron chi connectivity index (χ3n) is 1.66. The number of hydrogen-bond donors (Lipinski definition) is 1. The second kappa shape index (κ2) is 2.73. The molecule has 2 rings (SSSR count). The summed E-state index contributed by atoms with van der Waals surface area (Å²) in [5.74, 6) is 0. The van der Waals surface area contributed by atoms with Gasteiger partial charge in [0.15, 0.2) is 0 Å². The van der Waals surface area contributed by atoms with Gasteiger partial charge in [0, 0.05) is 6.42 Å². The van der Waals surface area contributed by atoms with Crippen LogP contribution in [0.5, 0.6) is 0 Å². The van der Waals surface area contributed by atoms with Gasteiger partial charge in [0.25, 0.3) is 0 Å². The Labute approximate surface area is 69.4 Å². The molecule has 2 aromatic rings. The van der Waals surface area contributed by atoms with Gasteiger partial charge < -0.3 is 0 Å². The molecule has 60 valence electrons. The largest absolute Gasteiger partial charge is 0.274 e. The minimum absolute atomic E-state index is 0.737. The van der Waals surface area contributed by atoms with Gasteiger partial charge in [-0.3, -0.25) is 5.10 Å². The highest BCUT2D eigenvalue weighted by molar-refractivity contribution is 5.75. The summed E-state index contributed by atoms with van der Waals surface area (Å²) in [6.07, 6.45) is 5.77. The Balaban J connectivity index is 2.65. The third kappa shape index (κ3) is 0.972. The quantitative estimate of drug-likeness (QED) is 0.669. The molecule has 4 heteroatoms. The Kier molecular flexibility index (Phi) is 1.59. The van der Waals surface area contributed by atoms with Crippen LogP contribution >= 0.6 is 0 Å².